The van der Waals surface area contributed by atoms with E-state index in [9.17, 15) is 22.4 Å². The number of halogens is 1. The maximum absolute atomic E-state index is 13.6. The summed E-state index contributed by atoms with van der Waals surface area (Å²) in [6, 6.07) is 11.2. The molecular formula is C29H35FN4O6S. The maximum Gasteiger partial charge on any atom is 0.408 e. The highest BCUT2D eigenvalue weighted by Crippen LogP contribution is 2.31. The Morgan fingerprint density at radius 1 is 1.07 bits per heavy atom. The fourth-order valence-electron chi connectivity index (χ4n) is 4.75. The molecule has 0 aliphatic heterocycles. The van der Waals surface area contributed by atoms with E-state index in [1.54, 1.807) is 52.0 Å². The SMILES string of the molecule is C[C@@H](NC(=O)C1(NC(=O)OC(C)(C)C)CCC(NS(=O)(=O)c2ccc(-c3cocn3)cc2)CC1)c1ccc(F)cc1. The van der Waals surface area contributed by atoms with Crippen molar-refractivity contribution in [3.63, 3.8) is 0 Å². The average molecular weight is 587 g/mol. The Hall–Kier alpha value is -3.77. The summed E-state index contributed by atoms with van der Waals surface area (Å²) in [6.07, 6.45) is 2.96. The highest BCUT2D eigenvalue weighted by Gasteiger charge is 2.45. The Labute approximate surface area is 239 Å². The van der Waals surface area contributed by atoms with Crippen molar-refractivity contribution in [3.05, 3.63) is 72.6 Å². The van der Waals surface area contributed by atoms with Crippen LogP contribution in [-0.2, 0) is 19.6 Å². The minimum atomic E-state index is -3.85. The monoisotopic (exact) mass is 586 g/mol. The van der Waals surface area contributed by atoms with Crippen LogP contribution in [0.15, 0.2) is 70.5 Å². The van der Waals surface area contributed by atoms with E-state index >= 15 is 0 Å². The number of hydrogen-bond acceptors (Lipinski definition) is 7. The van der Waals surface area contributed by atoms with E-state index in [0.717, 1.165) is 0 Å². The number of oxazole rings is 1. The lowest BCUT2D eigenvalue weighted by molar-refractivity contribution is -0.130. The normalized spacial score (nSPS) is 20.2. The molecule has 10 nitrogen and oxygen atoms in total. The number of sulfonamides is 1. The molecule has 1 fully saturated rings. The first-order valence-corrected chi connectivity index (χ1v) is 14.8. The predicted octanol–water partition coefficient (Wildman–Crippen LogP) is 4.84. The molecule has 1 aliphatic carbocycles. The minimum absolute atomic E-state index is 0.0966. The number of nitrogens with one attached hydrogen (secondary N) is 3. The maximum atomic E-state index is 13.6. The van der Waals surface area contributed by atoms with Gasteiger partial charge in [0, 0.05) is 11.6 Å². The number of benzene rings is 2. The second-order valence-corrected chi connectivity index (χ2v) is 13.0. The topological polar surface area (TPSA) is 140 Å². The second kappa shape index (κ2) is 12.0. The molecule has 3 N–H and O–H groups in total. The smallest absolute Gasteiger partial charge is 0.408 e. The van der Waals surface area contributed by atoms with Crippen molar-refractivity contribution in [1.29, 1.82) is 0 Å². The summed E-state index contributed by atoms with van der Waals surface area (Å²) in [7, 11) is -3.85. The van der Waals surface area contributed by atoms with Crippen LogP contribution in [0.1, 0.15) is 65.0 Å². The third-order valence-corrected chi connectivity index (χ3v) is 8.48. The summed E-state index contributed by atoms with van der Waals surface area (Å²) in [5, 5.41) is 5.68. The lowest BCUT2D eigenvalue weighted by atomic mass is 9.78. The van der Waals surface area contributed by atoms with Gasteiger partial charge in [0.2, 0.25) is 15.9 Å². The number of hydrogen-bond donors (Lipinski definition) is 3. The number of alkyl carbamates (subject to hydrolysis) is 1. The highest BCUT2D eigenvalue weighted by molar-refractivity contribution is 7.89. The van der Waals surface area contributed by atoms with Crippen LogP contribution >= 0.6 is 0 Å². The zero-order chi connectivity index (χ0) is 29.8. The molecule has 0 radical (unpaired) electrons. The van der Waals surface area contributed by atoms with Gasteiger partial charge in [0.15, 0.2) is 6.39 Å². The molecule has 12 heteroatoms. The summed E-state index contributed by atoms with van der Waals surface area (Å²) in [6.45, 7) is 6.93. The molecule has 1 aromatic heterocycles. The molecule has 2 aromatic carbocycles. The Morgan fingerprint density at radius 2 is 1.71 bits per heavy atom. The standard InChI is InChI=1S/C29H35FN4O6S/c1-19(20-5-9-22(30)10-6-20)32-26(35)29(33-27(36)40-28(2,3)4)15-13-23(14-16-29)34-41(37,38)24-11-7-21(8-12-24)25-17-39-18-31-25/h5-12,17-19,23,34H,13-16H2,1-4H3,(H,32,35)(H,33,36)/t19-,23?,29?/m1/s1. The van der Waals surface area contributed by atoms with Crippen LogP contribution in [0.2, 0.25) is 0 Å². The summed E-state index contributed by atoms with van der Waals surface area (Å²) >= 11 is 0. The molecule has 1 heterocycles. The van der Waals surface area contributed by atoms with E-state index in [1.807, 2.05) is 0 Å². The predicted molar refractivity (Wildman–Crippen MR) is 150 cm³/mol. The third kappa shape index (κ3) is 7.70. The number of amides is 2. The van der Waals surface area contributed by atoms with Gasteiger partial charge in [-0.3, -0.25) is 4.79 Å². The van der Waals surface area contributed by atoms with E-state index in [0.29, 0.717) is 29.7 Å². The van der Waals surface area contributed by atoms with Gasteiger partial charge in [-0.2, -0.15) is 0 Å². The van der Waals surface area contributed by atoms with E-state index in [4.69, 9.17) is 9.15 Å². The first-order chi connectivity index (χ1) is 19.3. The van der Waals surface area contributed by atoms with Crippen molar-refractivity contribution in [1.82, 2.24) is 20.3 Å². The molecule has 1 atom stereocenters. The number of rotatable bonds is 8. The van der Waals surface area contributed by atoms with Crippen molar-refractivity contribution < 1.29 is 31.6 Å². The Kier molecular flexibility index (Phi) is 8.83. The highest BCUT2D eigenvalue weighted by atomic mass is 32.2. The molecule has 3 aromatic rings. The number of nitrogens with zero attached hydrogens (tertiary/aromatic N) is 1. The van der Waals surface area contributed by atoms with Crippen molar-refractivity contribution in [3.8, 4) is 11.3 Å². The van der Waals surface area contributed by atoms with Crippen LogP contribution in [0.5, 0.6) is 0 Å². The van der Waals surface area contributed by atoms with Gasteiger partial charge < -0.3 is 19.8 Å². The zero-order valence-electron chi connectivity index (χ0n) is 23.4. The summed E-state index contributed by atoms with van der Waals surface area (Å²) in [5.74, 6) is -0.813. The lowest BCUT2D eigenvalue weighted by Crippen LogP contribution is -2.62. The quantitative estimate of drug-likeness (QED) is 0.343. The van der Waals surface area contributed by atoms with E-state index in [2.05, 4.69) is 20.3 Å². The van der Waals surface area contributed by atoms with Gasteiger partial charge in [0.05, 0.1) is 10.9 Å². The molecule has 0 unspecified atom stereocenters. The molecule has 2 amide bonds. The van der Waals surface area contributed by atoms with Crippen molar-refractivity contribution in [2.24, 2.45) is 0 Å². The summed E-state index contributed by atoms with van der Waals surface area (Å²) < 4.78 is 52.7. The first-order valence-electron chi connectivity index (χ1n) is 13.3. The van der Waals surface area contributed by atoms with Crippen LogP contribution < -0.4 is 15.4 Å². The number of aromatic nitrogens is 1. The van der Waals surface area contributed by atoms with Crippen molar-refractivity contribution in [2.75, 3.05) is 0 Å². The van der Waals surface area contributed by atoms with Crippen LogP contribution in [-0.4, -0.2) is 42.6 Å². The van der Waals surface area contributed by atoms with Gasteiger partial charge in [-0.15, -0.1) is 0 Å². The molecule has 1 aliphatic rings. The number of carbonyl (C=O) groups excluding carboxylic acids is 2. The van der Waals surface area contributed by atoms with E-state index in [-0.39, 0.29) is 23.6 Å². The minimum Gasteiger partial charge on any atom is -0.451 e. The Bertz CT molecular complexity index is 1440. The van der Waals surface area contributed by atoms with Gasteiger partial charge in [0.1, 0.15) is 28.9 Å². The van der Waals surface area contributed by atoms with Crippen LogP contribution in [0.25, 0.3) is 11.3 Å². The number of carbonyl (C=O) groups is 2. The van der Waals surface area contributed by atoms with Gasteiger partial charge >= 0.3 is 6.09 Å². The summed E-state index contributed by atoms with van der Waals surface area (Å²) in [5.41, 5.74) is -0.0933. The molecule has 4 rings (SSSR count). The Morgan fingerprint density at radius 3 is 2.27 bits per heavy atom. The van der Waals surface area contributed by atoms with E-state index < -0.39 is 45.2 Å². The first kappa shape index (κ1) is 30.2. The van der Waals surface area contributed by atoms with Crippen molar-refractivity contribution in [2.45, 2.75) is 81.5 Å². The molecular weight excluding hydrogens is 551 g/mol. The second-order valence-electron chi connectivity index (χ2n) is 11.2. The molecule has 220 valence electrons. The molecule has 1 saturated carbocycles. The van der Waals surface area contributed by atoms with Crippen molar-refractivity contribution >= 4 is 22.0 Å². The third-order valence-electron chi connectivity index (χ3n) is 6.95. The summed E-state index contributed by atoms with van der Waals surface area (Å²) in [4.78, 5) is 30.5. The Balaban J connectivity index is 1.46. The largest absolute Gasteiger partial charge is 0.451 e. The average Bonchev–Trinajstić information content (AvgIpc) is 3.44. The fourth-order valence-corrected chi connectivity index (χ4v) is 6.06. The van der Waals surface area contributed by atoms with E-state index in [1.165, 1.54) is 36.9 Å². The van der Waals surface area contributed by atoms with Gasteiger partial charge in [0.25, 0.3) is 0 Å². The van der Waals surface area contributed by atoms with Gasteiger partial charge in [-0.1, -0.05) is 24.3 Å². The molecule has 0 spiro atoms. The van der Waals surface area contributed by atoms with Crippen LogP contribution in [0.3, 0.4) is 0 Å². The molecule has 41 heavy (non-hydrogen) atoms. The zero-order valence-corrected chi connectivity index (χ0v) is 24.3. The molecule has 0 bridgehead atoms. The van der Waals surface area contributed by atoms with Crippen LogP contribution in [0.4, 0.5) is 9.18 Å². The lowest BCUT2D eigenvalue weighted by Gasteiger charge is -2.40. The molecule has 0 saturated heterocycles. The van der Waals surface area contributed by atoms with Gasteiger partial charge in [-0.25, -0.2) is 27.3 Å². The number of ether oxygens (including phenoxy) is 1. The van der Waals surface area contributed by atoms with Gasteiger partial charge in [-0.05, 0) is 83.2 Å². The van der Waals surface area contributed by atoms with Crippen LogP contribution in [0, 0.1) is 5.82 Å². The fraction of sp³-hybridized carbons (Fsp3) is 0.414.